The van der Waals surface area contributed by atoms with E-state index in [1.54, 1.807) is 0 Å². The minimum Gasteiger partial charge on any atom is -0.378 e. The number of rotatable bonds is 3. The van der Waals surface area contributed by atoms with E-state index in [0.717, 1.165) is 34.1 Å². The maximum absolute atomic E-state index is 12.1. The van der Waals surface area contributed by atoms with E-state index in [2.05, 4.69) is 32.6 Å². The molecule has 1 fully saturated rings. The lowest BCUT2D eigenvalue weighted by molar-refractivity contribution is -0.117. The van der Waals surface area contributed by atoms with Gasteiger partial charge in [-0.05, 0) is 35.0 Å². The molecule has 3 rings (SSSR count). The molecule has 0 spiro atoms. The maximum Gasteiger partial charge on any atom is 0.226 e. The van der Waals surface area contributed by atoms with Crippen molar-refractivity contribution in [2.24, 2.45) is 0 Å². The van der Waals surface area contributed by atoms with Gasteiger partial charge in [-0.25, -0.2) is 0 Å². The van der Waals surface area contributed by atoms with Crippen LogP contribution in [-0.4, -0.2) is 31.7 Å². The van der Waals surface area contributed by atoms with Gasteiger partial charge in [0.2, 0.25) is 5.91 Å². The van der Waals surface area contributed by atoms with E-state index in [-0.39, 0.29) is 11.9 Å². The van der Waals surface area contributed by atoms with Crippen LogP contribution in [0.1, 0.15) is 6.42 Å². The van der Waals surface area contributed by atoms with Crippen LogP contribution in [0.3, 0.4) is 0 Å². The van der Waals surface area contributed by atoms with Gasteiger partial charge in [0, 0.05) is 29.2 Å². The average molecular weight is 349 g/mol. The standard InChI is InChI=1S/C16H17BrN2O2/c17-13-3-1-12-8-14(4-2-11(12)7-13)19-16(20)9-15-10-21-6-5-18-15/h1-4,7-8,15,18H,5-6,9-10H2,(H,19,20). The molecular formula is C16H17BrN2O2. The number of hydrogen-bond donors (Lipinski definition) is 2. The van der Waals surface area contributed by atoms with Gasteiger partial charge in [-0.15, -0.1) is 0 Å². The van der Waals surface area contributed by atoms with Gasteiger partial charge in [0.1, 0.15) is 0 Å². The summed E-state index contributed by atoms with van der Waals surface area (Å²) in [5.41, 5.74) is 0.826. The summed E-state index contributed by atoms with van der Waals surface area (Å²) >= 11 is 3.46. The molecule has 2 aromatic carbocycles. The molecule has 21 heavy (non-hydrogen) atoms. The molecule has 2 N–H and O–H groups in total. The van der Waals surface area contributed by atoms with E-state index < -0.39 is 0 Å². The molecule has 0 saturated carbocycles. The molecule has 0 aromatic heterocycles. The van der Waals surface area contributed by atoms with E-state index in [4.69, 9.17) is 4.74 Å². The van der Waals surface area contributed by atoms with E-state index in [1.807, 2.05) is 30.3 Å². The molecule has 1 atom stereocenters. The van der Waals surface area contributed by atoms with E-state index in [9.17, 15) is 4.79 Å². The predicted octanol–water partition coefficient (Wildman–Crippen LogP) is 2.92. The fraction of sp³-hybridized carbons (Fsp3) is 0.312. The topological polar surface area (TPSA) is 50.4 Å². The minimum atomic E-state index is 0.00876. The second-order valence-electron chi connectivity index (χ2n) is 5.18. The Labute approximate surface area is 132 Å². The van der Waals surface area contributed by atoms with Crippen molar-refractivity contribution >= 4 is 38.3 Å². The normalized spacial score (nSPS) is 18.6. The van der Waals surface area contributed by atoms with E-state index >= 15 is 0 Å². The first kappa shape index (κ1) is 14.5. The Balaban J connectivity index is 1.66. The Hall–Kier alpha value is -1.43. The SMILES string of the molecule is O=C(CC1COCCN1)Nc1ccc2cc(Br)ccc2c1. The zero-order chi connectivity index (χ0) is 14.7. The number of fused-ring (bicyclic) bond motifs is 1. The molecule has 0 aliphatic carbocycles. The lowest BCUT2D eigenvalue weighted by Gasteiger charge is -2.23. The summed E-state index contributed by atoms with van der Waals surface area (Å²) < 4.78 is 6.41. The van der Waals surface area contributed by atoms with Gasteiger partial charge in [-0.1, -0.05) is 28.1 Å². The number of halogens is 1. The van der Waals surface area contributed by atoms with Crippen LogP contribution >= 0.6 is 15.9 Å². The second kappa shape index (κ2) is 6.56. The van der Waals surface area contributed by atoms with Crippen molar-refractivity contribution in [3.8, 4) is 0 Å². The smallest absolute Gasteiger partial charge is 0.226 e. The molecule has 110 valence electrons. The van der Waals surface area contributed by atoms with Crippen LogP contribution < -0.4 is 10.6 Å². The van der Waals surface area contributed by atoms with Gasteiger partial charge < -0.3 is 15.4 Å². The highest BCUT2D eigenvalue weighted by Gasteiger charge is 2.16. The van der Waals surface area contributed by atoms with Gasteiger partial charge in [0.15, 0.2) is 0 Å². The Morgan fingerprint density at radius 3 is 2.90 bits per heavy atom. The highest BCUT2D eigenvalue weighted by Crippen LogP contribution is 2.23. The van der Waals surface area contributed by atoms with Crippen molar-refractivity contribution < 1.29 is 9.53 Å². The number of carbonyl (C=O) groups is 1. The molecule has 1 heterocycles. The first-order chi connectivity index (χ1) is 10.2. The van der Waals surface area contributed by atoms with Crippen molar-refractivity contribution in [3.05, 3.63) is 40.9 Å². The summed E-state index contributed by atoms with van der Waals surface area (Å²) in [5.74, 6) is 0.00876. The molecule has 0 radical (unpaired) electrons. The summed E-state index contributed by atoms with van der Waals surface area (Å²) in [5, 5.41) is 8.48. The number of ether oxygens (including phenoxy) is 1. The lowest BCUT2D eigenvalue weighted by atomic mass is 10.1. The number of hydrogen-bond acceptors (Lipinski definition) is 3. The fourth-order valence-corrected chi connectivity index (χ4v) is 2.86. The lowest BCUT2D eigenvalue weighted by Crippen LogP contribution is -2.43. The highest BCUT2D eigenvalue weighted by molar-refractivity contribution is 9.10. The van der Waals surface area contributed by atoms with Crippen LogP contribution in [-0.2, 0) is 9.53 Å². The number of amides is 1. The molecule has 5 heteroatoms. The molecule has 2 aromatic rings. The summed E-state index contributed by atoms with van der Waals surface area (Å²) in [6, 6.07) is 12.1. The van der Waals surface area contributed by atoms with Crippen LogP contribution in [0.4, 0.5) is 5.69 Å². The summed E-state index contributed by atoms with van der Waals surface area (Å²) in [7, 11) is 0. The third kappa shape index (κ3) is 3.81. The summed E-state index contributed by atoms with van der Waals surface area (Å²) in [6.45, 7) is 2.13. The molecule has 0 bridgehead atoms. The van der Waals surface area contributed by atoms with Crippen molar-refractivity contribution in [3.63, 3.8) is 0 Å². The largest absolute Gasteiger partial charge is 0.378 e. The predicted molar refractivity (Wildman–Crippen MR) is 87.5 cm³/mol. The summed E-state index contributed by atoms with van der Waals surface area (Å²) in [6.07, 6.45) is 0.429. The molecular weight excluding hydrogens is 332 g/mol. The van der Waals surface area contributed by atoms with Crippen LogP contribution in [0.2, 0.25) is 0 Å². The number of benzene rings is 2. The average Bonchev–Trinajstić information content (AvgIpc) is 2.48. The molecule has 1 aliphatic heterocycles. The Morgan fingerprint density at radius 1 is 1.29 bits per heavy atom. The van der Waals surface area contributed by atoms with Crippen LogP contribution in [0.25, 0.3) is 10.8 Å². The van der Waals surface area contributed by atoms with Crippen molar-refractivity contribution in [2.75, 3.05) is 25.1 Å². The fourth-order valence-electron chi connectivity index (χ4n) is 2.48. The number of morpholine rings is 1. The number of nitrogens with one attached hydrogen (secondary N) is 2. The first-order valence-electron chi connectivity index (χ1n) is 7.01. The quantitative estimate of drug-likeness (QED) is 0.896. The maximum atomic E-state index is 12.1. The molecule has 4 nitrogen and oxygen atoms in total. The third-order valence-corrected chi connectivity index (χ3v) is 4.01. The van der Waals surface area contributed by atoms with E-state index in [1.165, 1.54) is 0 Å². The van der Waals surface area contributed by atoms with Crippen molar-refractivity contribution in [2.45, 2.75) is 12.5 Å². The number of anilines is 1. The van der Waals surface area contributed by atoms with Gasteiger partial charge in [0.25, 0.3) is 0 Å². The molecule has 1 saturated heterocycles. The van der Waals surface area contributed by atoms with Crippen LogP contribution in [0, 0.1) is 0 Å². The Bertz CT molecular complexity index is 654. The zero-order valence-corrected chi connectivity index (χ0v) is 13.2. The first-order valence-corrected chi connectivity index (χ1v) is 7.80. The molecule has 1 aliphatic rings. The number of carbonyl (C=O) groups excluding carboxylic acids is 1. The minimum absolute atomic E-state index is 0.00876. The summed E-state index contributed by atoms with van der Waals surface area (Å²) in [4.78, 5) is 12.1. The van der Waals surface area contributed by atoms with Gasteiger partial charge in [0.05, 0.1) is 13.2 Å². The molecule has 1 amide bonds. The Morgan fingerprint density at radius 2 is 2.10 bits per heavy atom. The zero-order valence-electron chi connectivity index (χ0n) is 11.6. The van der Waals surface area contributed by atoms with Gasteiger partial charge in [-0.3, -0.25) is 4.79 Å². The van der Waals surface area contributed by atoms with Gasteiger partial charge >= 0.3 is 0 Å². The van der Waals surface area contributed by atoms with Crippen LogP contribution in [0.5, 0.6) is 0 Å². The van der Waals surface area contributed by atoms with E-state index in [0.29, 0.717) is 13.0 Å². The Kier molecular flexibility index (Phi) is 4.53. The van der Waals surface area contributed by atoms with Crippen LogP contribution in [0.15, 0.2) is 40.9 Å². The van der Waals surface area contributed by atoms with Crippen molar-refractivity contribution in [1.82, 2.24) is 5.32 Å². The monoisotopic (exact) mass is 348 g/mol. The van der Waals surface area contributed by atoms with Gasteiger partial charge in [-0.2, -0.15) is 0 Å². The third-order valence-electron chi connectivity index (χ3n) is 3.52. The molecule has 1 unspecified atom stereocenters. The van der Waals surface area contributed by atoms with Crippen molar-refractivity contribution in [1.29, 1.82) is 0 Å². The highest BCUT2D eigenvalue weighted by atomic mass is 79.9. The second-order valence-corrected chi connectivity index (χ2v) is 6.10.